The van der Waals surface area contributed by atoms with Crippen molar-refractivity contribution in [3.8, 4) is 0 Å². The summed E-state index contributed by atoms with van der Waals surface area (Å²) in [5, 5.41) is 6.47. The molecule has 2 aromatic rings. The van der Waals surface area contributed by atoms with E-state index in [1.54, 1.807) is 11.3 Å². The number of hydrogen-bond acceptors (Lipinski definition) is 5. The molecule has 2 aliphatic rings. The summed E-state index contributed by atoms with van der Waals surface area (Å²) in [5.41, 5.74) is 1.08. The summed E-state index contributed by atoms with van der Waals surface area (Å²) >= 11 is 1.63. The standard InChI is InChI=1S/C19H25N3O3S/c23-19(10-18-2-1-9-26-18)21-11-16-3-6-20-22(16)17(12-21)14-25-13-15-4-7-24-8-5-15/h1-3,6,9,15,17H,4-5,7-8,10-14H2. The number of amides is 1. The highest BCUT2D eigenvalue weighted by Crippen LogP contribution is 2.23. The van der Waals surface area contributed by atoms with Crippen molar-refractivity contribution in [3.63, 3.8) is 0 Å². The third kappa shape index (κ3) is 4.16. The van der Waals surface area contributed by atoms with E-state index in [0.29, 0.717) is 32.0 Å². The first-order chi connectivity index (χ1) is 12.8. The van der Waals surface area contributed by atoms with Crippen LogP contribution < -0.4 is 0 Å². The first kappa shape index (κ1) is 17.7. The third-order valence-corrected chi connectivity index (χ3v) is 6.02. The van der Waals surface area contributed by atoms with E-state index in [1.165, 1.54) is 0 Å². The Morgan fingerprint density at radius 3 is 3.00 bits per heavy atom. The molecule has 0 aromatic carbocycles. The Bertz CT molecular complexity index is 709. The van der Waals surface area contributed by atoms with E-state index in [4.69, 9.17) is 9.47 Å². The summed E-state index contributed by atoms with van der Waals surface area (Å²) in [6.45, 7) is 4.32. The van der Waals surface area contributed by atoms with Crippen LogP contribution in [-0.4, -0.2) is 53.6 Å². The summed E-state index contributed by atoms with van der Waals surface area (Å²) in [7, 11) is 0. The summed E-state index contributed by atoms with van der Waals surface area (Å²) in [4.78, 5) is 15.8. The Balaban J connectivity index is 1.35. The van der Waals surface area contributed by atoms with Gasteiger partial charge in [0.25, 0.3) is 0 Å². The highest BCUT2D eigenvalue weighted by Gasteiger charge is 2.29. The molecule has 26 heavy (non-hydrogen) atoms. The van der Waals surface area contributed by atoms with E-state index in [9.17, 15) is 4.79 Å². The van der Waals surface area contributed by atoms with Gasteiger partial charge in [-0.1, -0.05) is 6.07 Å². The number of fused-ring (bicyclic) bond motifs is 1. The van der Waals surface area contributed by atoms with Crippen molar-refractivity contribution in [3.05, 3.63) is 40.3 Å². The lowest BCUT2D eigenvalue weighted by atomic mass is 10.0. The van der Waals surface area contributed by atoms with Gasteiger partial charge in [0.05, 0.1) is 31.3 Å². The van der Waals surface area contributed by atoms with Gasteiger partial charge in [-0.2, -0.15) is 5.10 Å². The van der Waals surface area contributed by atoms with Crippen LogP contribution in [0.2, 0.25) is 0 Å². The predicted molar refractivity (Wildman–Crippen MR) is 99.1 cm³/mol. The van der Waals surface area contributed by atoms with E-state index in [2.05, 4.69) is 5.10 Å². The largest absolute Gasteiger partial charge is 0.381 e. The molecule has 0 aliphatic carbocycles. The summed E-state index contributed by atoms with van der Waals surface area (Å²) < 4.78 is 13.4. The van der Waals surface area contributed by atoms with Gasteiger partial charge in [0.15, 0.2) is 0 Å². The zero-order valence-electron chi connectivity index (χ0n) is 14.9. The van der Waals surface area contributed by atoms with E-state index < -0.39 is 0 Å². The SMILES string of the molecule is O=C(Cc1cccs1)N1Cc2ccnn2C(COCC2CCOCC2)C1. The zero-order valence-corrected chi connectivity index (χ0v) is 15.7. The van der Waals surface area contributed by atoms with Gasteiger partial charge in [-0.15, -0.1) is 11.3 Å². The molecule has 1 saturated heterocycles. The molecule has 140 valence electrons. The van der Waals surface area contributed by atoms with Gasteiger partial charge in [-0.05, 0) is 36.3 Å². The maximum atomic E-state index is 12.7. The van der Waals surface area contributed by atoms with Crippen LogP contribution in [0.3, 0.4) is 0 Å². The molecule has 0 N–H and O–H groups in total. The Morgan fingerprint density at radius 1 is 1.31 bits per heavy atom. The maximum Gasteiger partial charge on any atom is 0.228 e. The molecular weight excluding hydrogens is 350 g/mol. The fourth-order valence-electron chi connectivity index (χ4n) is 3.66. The Labute approximate surface area is 157 Å². The number of nitrogens with zero attached hydrogens (tertiary/aromatic N) is 3. The normalized spacial score (nSPS) is 20.9. The second kappa shape index (κ2) is 8.33. The molecule has 1 fully saturated rings. The smallest absolute Gasteiger partial charge is 0.228 e. The molecule has 4 rings (SSSR count). The van der Waals surface area contributed by atoms with Crippen LogP contribution in [0.15, 0.2) is 29.8 Å². The van der Waals surface area contributed by atoms with Crippen LogP contribution in [-0.2, 0) is 27.2 Å². The second-order valence-corrected chi connectivity index (χ2v) is 8.08. The summed E-state index contributed by atoms with van der Waals surface area (Å²) in [6, 6.07) is 6.09. The lowest BCUT2D eigenvalue weighted by Gasteiger charge is -2.34. The third-order valence-electron chi connectivity index (χ3n) is 5.15. The lowest BCUT2D eigenvalue weighted by Crippen LogP contribution is -2.43. The number of thiophene rings is 1. The molecule has 7 heteroatoms. The van der Waals surface area contributed by atoms with Crippen molar-refractivity contribution in [1.29, 1.82) is 0 Å². The van der Waals surface area contributed by atoms with Gasteiger partial charge in [0.1, 0.15) is 0 Å². The molecule has 1 unspecified atom stereocenters. The molecule has 1 atom stereocenters. The quantitative estimate of drug-likeness (QED) is 0.778. The molecule has 4 heterocycles. The molecule has 0 spiro atoms. The summed E-state index contributed by atoms with van der Waals surface area (Å²) in [5.74, 6) is 0.760. The number of carbonyl (C=O) groups is 1. The number of ether oxygens (including phenoxy) is 2. The monoisotopic (exact) mass is 375 g/mol. The van der Waals surface area contributed by atoms with Gasteiger partial charge in [-0.25, -0.2) is 0 Å². The van der Waals surface area contributed by atoms with Crippen LogP contribution in [0.25, 0.3) is 0 Å². The molecular formula is C19H25N3O3S. The molecule has 0 radical (unpaired) electrons. The van der Waals surface area contributed by atoms with Gasteiger partial charge in [0.2, 0.25) is 5.91 Å². The molecule has 1 amide bonds. The highest BCUT2D eigenvalue weighted by molar-refractivity contribution is 7.10. The number of rotatable bonds is 6. The van der Waals surface area contributed by atoms with Gasteiger partial charge in [0, 0.05) is 37.4 Å². The lowest BCUT2D eigenvalue weighted by molar-refractivity contribution is -0.133. The summed E-state index contributed by atoms with van der Waals surface area (Å²) in [6.07, 6.45) is 4.43. The number of hydrogen-bond donors (Lipinski definition) is 0. The average Bonchev–Trinajstić information content (AvgIpc) is 3.34. The average molecular weight is 375 g/mol. The van der Waals surface area contributed by atoms with Crippen molar-refractivity contribution in [2.24, 2.45) is 5.92 Å². The molecule has 0 saturated carbocycles. The molecule has 0 bridgehead atoms. The van der Waals surface area contributed by atoms with E-state index in [1.807, 2.05) is 39.4 Å². The molecule has 6 nitrogen and oxygen atoms in total. The minimum absolute atomic E-state index is 0.0841. The topological polar surface area (TPSA) is 56.6 Å². The van der Waals surface area contributed by atoms with Gasteiger partial charge in [-0.3, -0.25) is 9.48 Å². The van der Waals surface area contributed by atoms with Crippen molar-refractivity contribution in [1.82, 2.24) is 14.7 Å². The van der Waals surface area contributed by atoms with Gasteiger partial charge < -0.3 is 14.4 Å². The minimum Gasteiger partial charge on any atom is -0.381 e. The number of carbonyl (C=O) groups excluding carboxylic acids is 1. The Morgan fingerprint density at radius 2 is 2.19 bits per heavy atom. The Hall–Kier alpha value is -1.70. The fraction of sp³-hybridized carbons (Fsp3) is 0.579. The predicted octanol–water partition coefficient (Wildman–Crippen LogP) is 2.51. The van der Waals surface area contributed by atoms with Crippen molar-refractivity contribution >= 4 is 17.2 Å². The fourth-order valence-corrected chi connectivity index (χ4v) is 4.35. The van der Waals surface area contributed by atoms with Crippen molar-refractivity contribution in [2.45, 2.75) is 31.8 Å². The number of aromatic nitrogens is 2. The zero-order chi connectivity index (χ0) is 17.8. The maximum absolute atomic E-state index is 12.7. The first-order valence-electron chi connectivity index (χ1n) is 9.27. The highest BCUT2D eigenvalue weighted by atomic mass is 32.1. The van der Waals surface area contributed by atoms with Crippen LogP contribution in [0.4, 0.5) is 0 Å². The second-order valence-electron chi connectivity index (χ2n) is 7.04. The first-order valence-corrected chi connectivity index (χ1v) is 10.2. The van der Waals surface area contributed by atoms with Crippen LogP contribution in [0, 0.1) is 5.92 Å². The van der Waals surface area contributed by atoms with Crippen molar-refractivity contribution < 1.29 is 14.3 Å². The van der Waals surface area contributed by atoms with E-state index in [-0.39, 0.29) is 11.9 Å². The van der Waals surface area contributed by atoms with Crippen LogP contribution in [0.1, 0.15) is 29.5 Å². The van der Waals surface area contributed by atoms with Crippen molar-refractivity contribution in [2.75, 3.05) is 33.0 Å². The Kier molecular flexibility index (Phi) is 5.67. The molecule has 2 aromatic heterocycles. The van der Waals surface area contributed by atoms with E-state index >= 15 is 0 Å². The van der Waals surface area contributed by atoms with Crippen LogP contribution >= 0.6 is 11.3 Å². The van der Waals surface area contributed by atoms with Gasteiger partial charge >= 0.3 is 0 Å². The molecule has 2 aliphatic heterocycles. The minimum atomic E-state index is 0.0841. The van der Waals surface area contributed by atoms with Crippen LogP contribution in [0.5, 0.6) is 0 Å². The van der Waals surface area contributed by atoms with E-state index in [0.717, 1.165) is 43.2 Å².